The van der Waals surface area contributed by atoms with Gasteiger partial charge in [0, 0.05) is 31.2 Å². The smallest absolute Gasteiger partial charge is 0.241 e. The molecule has 0 spiro atoms. The third kappa shape index (κ3) is 3.20. The number of rotatable bonds is 4. The summed E-state index contributed by atoms with van der Waals surface area (Å²) in [5.74, 6) is 1.04. The topological polar surface area (TPSA) is 49.6 Å². The first-order valence-corrected chi connectivity index (χ1v) is 9.12. The summed E-state index contributed by atoms with van der Waals surface area (Å²) >= 11 is 0. The fraction of sp³-hybridized carbons (Fsp3) is 0.381. The second kappa shape index (κ2) is 6.98. The second-order valence-electron chi connectivity index (χ2n) is 7.13. The Morgan fingerprint density at radius 3 is 2.60 bits per heavy atom. The first-order valence-electron chi connectivity index (χ1n) is 9.12. The van der Waals surface area contributed by atoms with Gasteiger partial charge in [0.05, 0.1) is 6.54 Å². The number of amides is 1. The molecule has 25 heavy (non-hydrogen) atoms. The fourth-order valence-corrected chi connectivity index (χ4v) is 4.28. The summed E-state index contributed by atoms with van der Waals surface area (Å²) in [6, 6.07) is 18.8. The van der Waals surface area contributed by atoms with Crippen LogP contribution >= 0.6 is 0 Å². The van der Waals surface area contributed by atoms with Crippen molar-refractivity contribution in [3.05, 3.63) is 65.7 Å². The minimum Gasteiger partial charge on any atom is -0.330 e. The number of para-hydroxylation sites is 1. The lowest BCUT2D eigenvalue weighted by Gasteiger charge is -2.22. The standard InChI is InChI=1S/C21H25N3O/c22-12-18-13-23(14-19(18)16-6-2-1-3-7-16)15-21(25)24-11-10-17-8-4-5-9-20(17)24/h1-9,18-19H,10-15,22H2/t18-,19+/m1/s1. The molecule has 0 aromatic heterocycles. The molecule has 2 aliphatic rings. The van der Waals surface area contributed by atoms with Crippen LogP contribution in [-0.4, -0.2) is 43.5 Å². The monoisotopic (exact) mass is 335 g/mol. The third-order valence-corrected chi connectivity index (χ3v) is 5.59. The molecule has 2 N–H and O–H groups in total. The first-order chi connectivity index (χ1) is 12.3. The number of hydrogen-bond acceptors (Lipinski definition) is 3. The Kier molecular flexibility index (Phi) is 4.55. The number of carbonyl (C=O) groups excluding carboxylic acids is 1. The van der Waals surface area contributed by atoms with Gasteiger partial charge in [-0.3, -0.25) is 9.69 Å². The predicted octanol–water partition coefficient (Wildman–Crippen LogP) is 2.25. The van der Waals surface area contributed by atoms with E-state index in [-0.39, 0.29) is 5.91 Å². The maximum absolute atomic E-state index is 12.9. The number of fused-ring (bicyclic) bond motifs is 1. The van der Waals surface area contributed by atoms with Crippen molar-refractivity contribution in [2.45, 2.75) is 12.3 Å². The average Bonchev–Trinajstić information content (AvgIpc) is 3.26. The molecule has 0 saturated carbocycles. The lowest BCUT2D eigenvalue weighted by atomic mass is 9.89. The zero-order chi connectivity index (χ0) is 17.2. The summed E-state index contributed by atoms with van der Waals surface area (Å²) < 4.78 is 0. The molecular formula is C21H25N3O. The van der Waals surface area contributed by atoms with E-state index in [4.69, 9.17) is 5.73 Å². The van der Waals surface area contributed by atoms with Crippen molar-refractivity contribution < 1.29 is 4.79 Å². The Morgan fingerprint density at radius 2 is 1.80 bits per heavy atom. The molecule has 1 amide bonds. The first kappa shape index (κ1) is 16.3. The summed E-state index contributed by atoms with van der Waals surface area (Å²) in [5.41, 5.74) is 9.71. The molecule has 2 aromatic carbocycles. The summed E-state index contributed by atoms with van der Waals surface area (Å²) in [6.45, 7) is 3.75. The summed E-state index contributed by atoms with van der Waals surface area (Å²) in [6.07, 6.45) is 0.958. The van der Waals surface area contributed by atoms with Crippen molar-refractivity contribution in [1.29, 1.82) is 0 Å². The quantitative estimate of drug-likeness (QED) is 0.932. The van der Waals surface area contributed by atoms with Gasteiger partial charge in [0.25, 0.3) is 0 Å². The van der Waals surface area contributed by atoms with Gasteiger partial charge in [0.1, 0.15) is 0 Å². The van der Waals surface area contributed by atoms with E-state index in [1.165, 1.54) is 11.1 Å². The molecule has 1 fully saturated rings. The van der Waals surface area contributed by atoms with Crippen molar-refractivity contribution in [3.8, 4) is 0 Å². The SMILES string of the molecule is NC[C@@H]1CN(CC(=O)N2CCc3ccccc32)C[C@H]1c1ccccc1. The maximum atomic E-state index is 12.9. The Morgan fingerprint density at radius 1 is 1.04 bits per heavy atom. The molecule has 4 nitrogen and oxygen atoms in total. The van der Waals surface area contributed by atoms with Crippen LogP contribution in [0.5, 0.6) is 0 Å². The van der Waals surface area contributed by atoms with Crippen LogP contribution in [0.4, 0.5) is 5.69 Å². The van der Waals surface area contributed by atoms with Crippen LogP contribution in [0.25, 0.3) is 0 Å². The average molecular weight is 335 g/mol. The van der Waals surface area contributed by atoms with Crippen molar-refractivity contribution in [2.75, 3.05) is 37.6 Å². The van der Waals surface area contributed by atoms with Crippen LogP contribution in [0.15, 0.2) is 54.6 Å². The molecule has 0 aliphatic carbocycles. The normalized spacial score (nSPS) is 23.0. The highest BCUT2D eigenvalue weighted by Gasteiger charge is 2.35. The predicted molar refractivity (Wildman–Crippen MR) is 101 cm³/mol. The number of hydrogen-bond donors (Lipinski definition) is 1. The van der Waals surface area contributed by atoms with E-state index in [0.29, 0.717) is 24.9 Å². The molecule has 1 saturated heterocycles. The van der Waals surface area contributed by atoms with Crippen LogP contribution in [0.2, 0.25) is 0 Å². The van der Waals surface area contributed by atoms with Gasteiger partial charge in [-0.15, -0.1) is 0 Å². The zero-order valence-corrected chi connectivity index (χ0v) is 14.5. The van der Waals surface area contributed by atoms with Gasteiger partial charge in [-0.2, -0.15) is 0 Å². The largest absolute Gasteiger partial charge is 0.330 e. The van der Waals surface area contributed by atoms with Crippen LogP contribution < -0.4 is 10.6 Å². The lowest BCUT2D eigenvalue weighted by Crippen LogP contribution is -2.39. The molecule has 130 valence electrons. The van der Waals surface area contributed by atoms with Gasteiger partial charge in [-0.05, 0) is 36.1 Å². The third-order valence-electron chi connectivity index (χ3n) is 5.59. The van der Waals surface area contributed by atoms with Gasteiger partial charge in [0.15, 0.2) is 0 Å². The minimum atomic E-state index is 0.203. The van der Waals surface area contributed by atoms with Gasteiger partial charge in [0.2, 0.25) is 5.91 Å². The zero-order valence-electron chi connectivity index (χ0n) is 14.5. The fourth-order valence-electron chi connectivity index (χ4n) is 4.28. The van der Waals surface area contributed by atoms with Crippen molar-refractivity contribution >= 4 is 11.6 Å². The molecule has 4 rings (SSSR count). The molecule has 0 unspecified atom stereocenters. The van der Waals surface area contributed by atoms with E-state index < -0.39 is 0 Å². The van der Waals surface area contributed by atoms with E-state index in [1.54, 1.807) is 0 Å². The number of anilines is 1. The van der Waals surface area contributed by atoms with Gasteiger partial charge in [-0.25, -0.2) is 0 Å². The van der Waals surface area contributed by atoms with Crippen molar-refractivity contribution in [2.24, 2.45) is 11.7 Å². The Bertz CT molecular complexity index is 746. The minimum absolute atomic E-state index is 0.203. The van der Waals surface area contributed by atoms with E-state index in [1.807, 2.05) is 23.1 Å². The molecule has 4 heteroatoms. The van der Waals surface area contributed by atoms with E-state index in [2.05, 4.69) is 41.3 Å². The number of benzene rings is 2. The lowest BCUT2D eigenvalue weighted by molar-refractivity contribution is -0.119. The summed E-state index contributed by atoms with van der Waals surface area (Å²) in [7, 11) is 0. The molecular weight excluding hydrogens is 310 g/mol. The highest BCUT2D eigenvalue weighted by atomic mass is 16.2. The number of nitrogens with zero attached hydrogens (tertiary/aromatic N) is 2. The van der Waals surface area contributed by atoms with Crippen LogP contribution in [-0.2, 0) is 11.2 Å². The number of likely N-dealkylation sites (tertiary alicyclic amines) is 1. The molecule has 2 aromatic rings. The Hall–Kier alpha value is -2.17. The highest BCUT2D eigenvalue weighted by Crippen LogP contribution is 2.33. The molecule has 0 bridgehead atoms. The van der Waals surface area contributed by atoms with Crippen LogP contribution in [0.1, 0.15) is 17.0 Å². The van der Waals surface area contributed by atoms with Crippen molar-refractivity contribution in [3.63, 3.8) is 0 Å². The highest BCUT2D eigenvalue weighted by molar-refractivity contribution is 5.96. The number of nitrogens with two attached hydrogens (primary N) is 1. The molecule has 0 radical (unpaired) electrons. The van der Waals surface area contributed by atoms with Gasteiger partial charge < -0.3 is 10.6 Å². The molecule has 2 heterocycles. The van der Waals surface area contributed by atoms with Crippen LogP contribution in [0.3, 0.4) is 0 Å². The van der Waals surface area contributed by atoms with Crippen LogP contribution in [0, 0.1) is 5.92 Å². The Balaban J connectivity index is 1.44. The Labute approximate surface area is 149 Å². The maximum Gasteiger partial charge on any atom is 0.241 e. The summed E-state index contributed by atoms with van der Waals surface area (Å²) in [4.78, 5) is 17.1. The molecule has 2 atom stereocenters. The number of carbonyl (C=O) groups is 1. The van der Waals surface area contributed by atoms with E-state index in [0.717, 1.165) is 31.7 Å². The van der Waals surface area contributed by atoms with Gasteiger partial charge >= 0.3 is 0 Å². The molecule has 2 aliphatic heterocycles. The van der Waals surface area contributed by atoms with E-state index in [9.17, 15) is 4.79 Å². The summed E-state index contributed by atoms with van der Waals surface area (Å²) in [5, 5.41) is 0. The second-order valence-corrected chi connectivity index (χ2v) is 7.13. The van der Waals surface area contributed by atoms with Crippen molar-refractivity contribution in [1.82, 2.24) is 4.90 Å². The van der Waals surface area contributed by atoms with Gasteiger partial charge in [-0.1, -0.05) is 48.5 Å². The van der Waals surface area contributed by atoms with E-state index >= 15 is 0 Å².